The van der Waals surface area contributed by atoms with Gasteiger partial charge < -0.3 is 9.47 Å². The SMILES string of the molecule is C=CCCCOc1ccc(C#N)cc1OC. The largest absolute Gasteiger partial charge is 0.493 e. The zero-order valence-corrected chi connectivity index (χ0v) is 9.40. The van der Waals surface area contributed by atoms with Crippen LogP contribution in [0.2, 0.25) is 0 Å². The molecule has 0 saturated carbocycles. The van der Waals surface area contributed by atoms with Crippen molar-refractivity contribution in [3.63, 3.8) is 0 Å². The maximum absolute atomic E-state index is 8.74. The van der Waals surface area contributed by atoms with Gasteiger partial charge in [0.2, 0.25) is 0 Å². The van der Waals surface area contributed by atoms with E-state index in [9.17, 15) is 0 Å². The van der Waals surface area contributed by atoms with Gasteiger partial charge in [0, 0.05) is 6.07 Å². The molecule has 1 aromatic carbocycles. The quantitative estimate of drug-likeness (QED) is 0.543. The summed E-state index contributed by atoms with van der Waals surface area (Å²) in [6.45, 7) is 4.26. The van der Waals surface area contributed by atoms with Gasteiger partial charge in [0.05, 0.1) is 25.3 Å². The van der Waals surface area contributed by atoms with Crippen LogP contribution >= 0.6 is 0 Å². The highest BCUT2D eigenvalue weighted by Gasteiger charge is 2.04. The highest BCUT2D eigenvalue weighted by Crippen LogP contribution is 2.27. The molecule has 84 valence electrons. The van der Waals surface area contributed by atoms with Crippen LogP contribution in [0.25, 0.3) is 0 Å². The standard InChI is InChI=1S/C13H15NO2/c1-3-4-5-8-16-12-7-6-11(10-14)9-13(12)15-2/h3,6-7,9H,1,4-5,8H2,2H3. The fourth-order valence-electron chi connectivity index (χ4n) is 1.27. The van der Waals surface area contributed by atoms with Gasteiger partial charge in [-0.15, -0.1) is 6.58 Å². The minimum absolute atomic E-state index is 0.565. The molecule has 1 aromatic rings. The highest BCUT2D eigenvalue weighted by molar-refractivity contribution is 5.46. The van der Waals surface area contributed by atoms with E-state index in [1.54, 1.807) is 25.3 Å². The number of hydrogen-bond donors (Lipinski definition) is 0. The number of unbranched alkanes of at least 4 members (excludes halogenated alkanes) is 1. The van der Waals surface area contributed by atoms with E-state index in [0.29, 0.717) is 23.7 Å². The van der Waals surface area contributed by atoms with E-state index in [0.717, 1.165) is 12.8 Å². The summed E-state index contributed by atoms with van der Waals surface area (Å²) in [6.07, 6.45) is 3.71. The molecule has 0 saturated heterocycles. The summed E-state index contributed by atoms with van der Waals surface area (Å²) in [5.74, 6) is 1.27. The van der Waals surface area contributed by atoms with Crippen LogP contribution in [-0.4, -0.2) is 13.7 Å². The summed E-state index contributed by atoms with van der Waals surface area (Å²) in [6, 6.07) is 7.19. The molecular weight excluding hydrogens is 202 g/mol. The van der Waals surface area contributed by atoms with Gasteiger partial charge in [0.15, 0.2) is 11.5 Å². The van der Waals surface area contributed by atoms with E-state index in [4.69, 9.17) is 14.7 Å². The normalized spacial score (nSPS) is 9.25. The molecule has 0 aliphatic rings. The van der Waals surface area contributed by atoms with Crippen LogP contribution in [0.1, 0.15) is 18.4 Å². The lowest BCUT2D eigenvalue weighted by Gasteiger charge is -2.10. The van der Waals surface area contributed by atoms with Gasteiger partial charge in [-0.1, -0.05) is 6.08 Å². The third-order valence-electron chi connectivity index (χ3n) is 2.10. The predicted molar refractivity (Wildman–Crippen MR) is 62.6 cm³/mol. The lowest BCUT2D eigenvalue weighted by Crippen LogP contribution is -1.99. The van der Waals surface area contributed by atoms with Crippen molar-refractivity contribution in [3.8, 4) is 17.6 Å². The molecule has 0 bridgehead atoms. The molecule has 0 fully saturated rings. The molecule has 0 aliphatic heterocycles. The van der Waals surface area contributed by atoms with Crippen molar-refractivity contribution in [2.45, 2.75) is 12.8 Å². The summed E-state index contributed by atoms with van der Waals surface area (Å²) in [7, 11) is 1.56. The van der Waals surface area contributed by atoms with Crippen LogP contribution in [0.5, 0.6) is 11.5 Å². The van der Waals surface area contributed by atoms with E-state index in [1.165, 1.54) is 0 Å². The minimum atomic E-state index is 0.565. The van der Waals surface area contributed by atoms with Gasteiger partial charge in [-0.3, -0.25) is 0 Å². The maximum atomic E-state index is 8.74. The zero-order valence-electron chi connectivity index (χ0n) is 9.40. The molecular formula is C13H15NO2. The Balaban J connectivity index is 2.65. The molecule has 0 heterocycles. The molecule has 0 amide bonds. The first-order chi connectivity index (χ1) is 7.81. The predicted octanol–water partition coefficient (Wildman–Crippen LogP) is 2.91. The van der Waals surface area contributed by atoms with Crippen molar-refractivity contribution in [2.75, 3.05) is 13.7 Å². The summed E-state index contributed by atoms with van der Waals surface area (Å²) in [5, 5.41) is 8.74. The van der Waals surface area contributed by atoms with Crippen LogP contribution < -0.4 is 9.47 Å². The van der Waals surface area contributed by atoms with E-state index in [1.807, 2.05) is 6.08 Å². The number of nitriles is 1. The molecule has 0 aliphatic carbocycles. The van der Waals surface area contributed by atoms with Gasteiger partial charge >= 0.3 is 0 Å². The van der Waals surface area contributed by atoms with Crippen LogP contribution in [0.15, 0.2) is 30.9 Å². The van der Waals surface area contributed by atoms with Crippen LogP contribution in [0.3, 0.4) is 0 Å². The number of benzene rings is 1. The van der Waals surface area contributed by atoms with Gasteiger partial charge in [-0.25, -0.2) is 0 Å². The number of nitrogens with zero attached hydrogens (tertiary/aromatic N) is 1. The second kappa shape index (κ2) is 6.52. The Kier molecular flexibility index (Phi) is 4.94. The Labute approximate surface area is 95.9 Å². The Morgan fingerprint density at radius 1 is 1.44 bits per heavy atom. The Bertz CT molecular complexity index is 393. The van der Waals surface area contributed by atoms with E-state index in [2.05, 4.69) is 12.6 Å². The van der Waals surface area contributed by atoms with E-state index in [-0.39, 0.29) is 0 Å². The van der Waals surface area contributed by atoms with E-state index < -0.39 is 0 Å². The van der Waals surface area contributed by atoms with Gasteiger partial charge in [-0.2, -0.15) is 5.26 Å². The number of hydrogen-bond acceptors (Lipinski definition) is 3. The third-order valence-corrected chi connectivity index (χ3v) is 2.10. The lowest BCUT2D eigenvalue weighted by atomic mass is 10.2. The Hall–Kier alpha value is -1.95. The first-order valence-electron chi connectivity index (χ1n) is 5.13. The van der Waals surface area contributed by atoms with Crippen molar-refractivity contribution < 1.29 is 9.47 Å². The third kappa shape index (κ3) is 3.32. The molecule has 0 unspecified atom stereocenters. The molecule has 16 heavy (non-hydrogen) atoms. The monoisotopic (exact) mass is 217 g/mol. The van der Waals surface area contributed by atoms with Crippen molar-refractivity contribution in [1.29, 1.82) is 5.26 Å². The van der Waals surface area contributed by atoms with Crippen molar-refractivity contribution in [2.24, 2.45) is 0 Å². The molecule has 3 nitrogen and oxygen atoms in total. The average molecular weight is 217 g/mol. The van der Waals surface area contributed by atoms with Crippen LogP contribution in [-0.2, 0) is 0 Å². The second-order valence-electron chi connectivity index (χ2n) is 3.26. The molecule has 0 N–H and O–H groups in total. The van der Waals surface area contributed by atoms with Gasteiger partial charge in [0.25, 0.3) is 0 Å². The summed E-state index contributed by atoms with van der Waals surface area (Å²) in [4.78, 5) is 0. The molecule has 3 heteroatoms. The molecule has 1 rings (SSSR count). The van der Waals surface area contributed by atoms with Crippen LogP contribution in [0.4, 0.5) is 0 Å². The highest BCUT2D eigenvalue weighted by atomic mass is 16.5. The number of allylic oxidation sites excluding steroid dienone is 1. The fraction of sp³-hybridized carbons (Fsp3) is 0.308. The van der Waals surface area contributed by atoms with E-state index >= 15 is 0 Å². The average Bonchev–Trinajstić information content (AvgIpc) is 2.34. The first kappa shape index (κ1) is 12.1. The Morgan fingerprint density at radius 3 is 2.88 bits per heavy atom. The zero-order chi connectivity index (χ0) is 11.8. The lowest BCUT2D eigenvalue weighted by molar-refractivity contribution is 0.290. The Morgan fingerprint density at radius 2 is 2.25 bits per heavy atom. The molecule has 0 atom stereocenters. The minimum Gasteiger partial charge on any atom is -0.493 e. The summed E-state index contributed by atoms with van der Waals surface area (Å²) in [5.41, 5.74) is 0.565. The van der Waals surface area contributed by atoms with Crippen LogP contribution in [0, 0.1) is 11.3 Å². The van der Waals surface area contributed by atoms with Gasteiger partial charge in [0.1, 0.15) is 0 Å². The second-order valence-corrected chi connectivity index (χ2v) is 3.26. The molecule has 0 radical (unpaired) electrons. The first-order valence-corrected chi connectivity index (χ1v) is 5.13. The fourth-order valence-corrected chi connectivity index (χ4v) is 1.27. The number of methoxy groups -OCH3 is 1. The van der Waals surface area contributed by atoms with Gasteiger partial charge in [-0.05, 0) is 25.0 Å². The molecule has 0 spiro atoms. The number of ether oxygens (including phenoxy) is 2. The smallest absolute Gasteiger partial charge is 0.162 e. The van der Waals surface area contributed by atoms with Crippen molar-refractivity contribution in [1.82, 2.24) is 0 Å². The molecule has 0 aromatic heterocycles. The summed E-state index contributed by atoms with van der Waals surface area (Å²) < 4.78 is 10.7. The topological polar surface area (TPSA) is 42.2 Å². The number of rotatable bonds is 6. The van der Waals surface area contributed by atoms with Crippen molar-refractivity contribution in [3.05, 3.63) is 36.4 Å². The maximum Gasteiger partial charge on any atom is 0.162 e. The summed E-state index contributed by atoms with van der Waals surface area (Å²) >= 11 is 0. The van der Waals surface area contributed by atoms with Crippen molar-refractivity contribution >= 4 is 0 Å².